The highest BCUT2D eigenvalue weighted by Crippen LogP contribution is 2.25. The van der Waals surface area contributed by atoms with Crippen molar-refractivity contribution in [3.8, 4) is 16.9 Å². The maximum atomic E-state index is 4.60. The van der Waals surface area contributed by atoms with Crippen LogP contribution in [0.5, 0.6) is 0 Å². The third-order valence-electron chi connectivity index (χ3n) is 4.49. The molecule has 0 unspecified atom stereocenters. The van der Waals surface area contributed by atoms with Crippen LogP contribution in [0.2, 0.25) is 0 Å². The zero-order valence-electron chi connectivity index (χ0n) is 15.6. The Morgan fingerprint density at radius 2 is 1.82 bits per heavy atom. The summed E-state index contributed by atoms with van der Waals surface area (Å²) in [6.07, 6.45) is 1.85. The lowest BCUT2D eigenvalue weighted by atomic mass is 10.2. The van der Waals surface area contributed by atoms with Crippen molar-refractivity contribution in [3.05, 3.63) is 87.5 Å². The van der Waals surface area contributed by atoms with E-state index in [1.165, 1.54) is 5.69 Å². The highest BCUT2D eigenvalue weighted by molar-refractivity contribution is 9.10. The summed E-state index contributed by atoms with van der Waals surface area (Å²) in [5, 5.41) is 7.20. The summed E-state index contributed by atoms with van der Waals surface area (Å²) in [5.41, 5.74) is 9.64. The SMILES string of the molecule is Cc1cc(C=NNc2nc(-c3ccccc3)cs2)c(C)n1-c1ccc(Br)cc1. The molecule has 2 heterocycles. The minimum absolute atomic E-state index is 0.775. The van der Waals surface area contributed by atoms with Gasteiger partial charge in [-0.2, -0.15) is 5.10 Å². The minimum Gasteiger partial charge on any atom is -0.318 e. The van der Waals surface area contributed by atoms with Crippen molar-refractivity contribution in [2.75, 3.05) is 5.43 Å². The monoisotopic (exact) mass is 450 g/mol. The average molecular weight is 451 g/mol. The fraction of sp³-hybridized carbons (Fsp3) is 0.0909. The fourth-order valence-electron chi connectivity index (χ4n) is 3.13. The van der Waals surface area contributed by atoms with Crippen LogP contribution in [-0.4, -0.2) is 15.8 Å². The first-order valence-electron chi connectivity index (χ1n) is 8.87. The van der Waals surface area contributed by atoms with Crippen molar-refractivity contribution in [1.29, 1.82) is 0 Å². The second-order valence-corrected chi connectivity index (χ2v) is 8.19. The molecular formula is C22H19BrN4S. The van der Waals surface area contributed by atoms with Gasteiger partial charge >= 0.3 is 0 Å². The molecule has 6 heteroatoms. The Hall–Kier alpha value is -2.70. The van der Waals surface area contributed by atoms with Gasteiger partial charge in [0.25, 0.3) is 0 Å². The molecule has 2 aromatic heterocycles. The lowest BCUT2D eigenvalue weighted by Crippen LogP contribution is -1.99. The summed E-state index contributed by atoms with van der Waals surface area (Å²) < 4.78 is 3.30. The molecule has 0 saturated heterocycles. The molecular weight excluding hydrogens is 432 g/mol. The molecule has 0 atom stereocenters. The molecule has 4 nitrogen and oxygen atoms in total. The number of thiazole rings is 1. The Balaban J connectivity index is 1.51. The van der Waals surface area contributed by atoms with E-state index in [-0.39, 0.29) is 0 Å². The molecule has 0 aliphatic rings. The van der Waals surface area contributed by atoms with E-state index >= 15 is 0 Å². The number of aromatic nitrogens is 2. The number of aryl methyl sites for hydroxylation is 1. The quantitative estimate of drug-likeness (QED) is 0.281. The first-order valence-corrected chi connectivity index (χ1v) is 10.5. The summed E-state index contributed by atoms with van der Waals surface area (Å²) >= 11 is 5.03. The Morgan fingerprint density at radius 1 is 1.07 bits per heavy atom. The topological polar surface area (TPSA) is 42.2 Å². The highest BCUT2D eigenvalue weighted by atomic mass is 79.9. The highest BCUT2D eigenvalue weighted by Gasteiger charge is 2.09. The summed E-state index contributed by atoms with van der Waals surface area (Å²) in [7, 11) is 0. The van der Waals surface area contributed by atoms with Gasteiger partial charge in [0.1, 0.15) is 0 Å². The van der Waals surface area contributed by atoms with Crippen molar-refractivity contribution in [3.63, 3.8) is 0 Å². The van der Waals surface area contributed by atoms with Crippen LogP contribution in [-0.2, 0) is 0 Å². The van der Waals surface area contributed by atoms with Gasteiger partial charge in [-0.1, -0.05) is 46.3 Å². The number of hydrogen-bond acceptors (Lipinski definition) is 4. The largest absolute Gasteiger partial charge is 0.318 e. The van der Waals surface area contributed by atoms with Gasteiger partial charge < -0.3 is 4.57 Å². The van der Waals surface area contributed by atoms with Gasteiger partial charge in [0.05, 0.1) is 11.9 Å². The molecule has 0 saturated carbocycles. The number of hydrogen-bond donors (Lipinski definition) is 1. The molecule has 0 fully saturated rings. The van der Waals surface area contributed by atoms with E-state index in [0.717, 1.165) is 37.8 Å². The van der Waals surface area contributed by atoms with Gasteiger partial charge in [0, 0.05) is 38.1 Å². The van der Waals surface area contributed by atoms with Gasteiger partial charge in [0.15, 0.2) is 0 Å². The summed E-state index contributed by atoms with van der Waals surface area (Å²) in [6, 6.07) is 20.6. The van der Waals surface area contributed by atoms with Gasteiger partial charge in [0.2, 0.25) is 5.13 Å². The average Bonchev–Trinajstić information content (AvgIpc) is 3.28. The van der Waals surface area contributed by atoms with Gasteiger partial charge in [-0.15, -0.1) is 11.3 Å². The number of anilines is 1. The summed E-state index contributed by atoms with van der Waals surface area (Å²) in [4.78, 5) is 4.60. The lowest BCUT2D eigenvalue weighted by molar-refractivity contribution is 0.964. The summed E-state index contributed by atoms with van der Waals surface area (Å²) in [5.74, 6) is 0. The molecule has 1 N–H and O–H groups in total. The van der Waals surface area contributed by atoms with Crippen molar-refractivity contribution in [2.45, 2.75) is 13.8 Å². The Morgan fingerprint density at radius 3 is 2.57 bits per heavy atom. The maximum Gasteiger partial charge on any atom is 0.203 e. The van der Waals surface area contributed by atoms with Crippen LogP contribution in [0, 0.1) is 13.8 Å². The number of nitrogens with one attached hydrogen (secondary N) is 1. The Bertz CT molecular complexity index is 1110. The van der Waals surface area contributed by atoms with Gasteiger partial charge in [-0.3, -0.25) is 5.43 Å². The van der Waals surface area contributed by atoms with E-state index in [1.807, 2.05) is 29.8 Å². The standard InChI is InChI=1S/C22H19BrN4S/c1-15-12-18(16(2)27(15)20-10-8-19(23)9-11-20)13-24-26-22-25-21(14-28-22)17-6-4-3-5-7-17/h3-14H,1-2H3,(H,25,26). The van der Waals surface area contributed by atoms with Gasteiger partial charge in [-0.05, 0) is 44.2 Å². The molecule has 28 heavy (non-hydrogen) atoms. The predicted octanol–water partition coefficient (Wildman–Crippen LogP) is 6.43. The van der Waals surface area contributed by atoms with Crippen molar-refractivity contribution in [2.24, 2.45) is 5.10 Å². The Kier molecular flexibility index (Phi) is 5.41. The van der Waals surface area contributed by atoms with E-state index in [1.54, 1.807) is 11.3 Å². The zero-order chi connectivity index (χ0) is 19.5. The number of rotatable bonds is 5. The molecule has 0 amide bonds. The second kappa shape index (κ2) is 8.12. The second-order valence-electron chi connectivity index (χ2n) is 6.41. The maximum absolute atomic E-state index is 4.60. The van der Waals surface area contributed by atoms with Crippen LogP contribution < -0.4 is 5.43 Å². The van der Waals surface area contributed by atoms with Crippen LogP contribution in [0.15, 0.2) is 75.6 Å². The van der Waals surface area contributed by atoms with E-state index < -0.39 is 0 Å². The van der Waals surface area contributed by atoms with Crippen molar-refractivity contribution < 1.29 is 0 Å². The van der Waals surface area contributed by atoms with Crippen molar-refractivity contribution in [1.82, 2.24) is 9.55 Å². The fourth-order valence-corrected chi connectivity index (χ4v) is 4.06. The van der Waals surface area contributed by atoms with E-state index in [2.05, 4.69) is 92.3 Å². The number of benzene rings is 2. The third-order valence-corrected chi connectivity index (χ3v) is 5.77. The number of nitrogens with zero attached hydrogens (tertiary/aromatic N) is 3. The molecule has 0 bridgehead atoms. The normalized spacial score (nSPS) is 11.2. The molecule has 0 spiro atoms. The first kappa shape index (κ1) is 18.7. The van der Waals surface area contributed by atoms with E-state index in [0.29, 0.717) is 0 Å². The molecule has 0 aliphatic carbocycles. The van der Waals surface area contributed by atoms with Crippen LogP contribution in [0.3, 0.4) is 0 Å². The molecule has 2 aromatic carbocycles. The zero-order valence-corrected chi connectivity index (χ0v) is 18.0. The minimum atomic E-state index is 0.775. The van der Waals surface area contributed by atoms with Crippen molar-refractivity contribution >= 4 is 38.6 Å². The smallest absolute Gasteiger partial charge is 0.203 e. The predicted molar refractivity (Wildman–Crippen MR) is 122 cm³/mol. The van der Waals surface area contributed by atoms with E-state index in [9.17, 15) is 0 Å². The number of halogens is 1. The van der Waals surface area contributed by atoms with Crippen LogP contribution in [0.4, 0.5) is 5.13 Å². The van der Waals surface area contributed by atoms with Crippen LogP contribution in [0.25, 0.3) is 16.9 Å². The summed E-state index contributed by atoms with van der Waals surface area (Å²) in [6.45, 7) is 4.21. The molecule has 4 aromatic rings. The lowest BCUT2D eigenvalue weighted by Gasteiger charge is -2.09. The molecule has 4 rings (SSSR count). The number of hydrazone groups is 1. The molecule has 0 aliphatic heterocycles. The van der Waals surface area contributed by atoms with Crippen LogP contribution >= 0.6 is 27.3 Å². The third kappa shape index (κ3) is 3.93. The molecule has 140 valence electrons. The molecule has 0 radical (unpaired) electrons. The van der Waals surface area contributed by atoms with Crippen LogP contribution in [0.1, 0.15) is 17.0 Å². The Labute approximate surface area is 176 Å². The van der Waals surface area contributed by atoms with E-state index in [4.69, 9.17) is 0 Å². The first-order chi connectivity index (χ1) is 13.6. The van der Waals surface area contributed by atoms with Gasteiger partial charge in [-0.25, -0.2) is 4.98 Å².